The number of fused-ring (bicyclic) bond motifs is 1. The van der Waals surface area contributed by atoms with Crippen molar-refractivity contribution >= 4 is 27.0 Å². The smallest absolute Gasteiger partial charge is 0.304 e. The van der Waals surface area contributed by atoms with Crippen molar-refractivity contribution in [1.82, 2.24) is 14.5 Å². The van der Waals surface area contributed by atoms with Crippen molar-refractivity contribution in [2.45, 2.75) is 19.9 Å². The molecule has 0 aliphatic carbocycles. The molecule has 74 valence electrons. The molecule has 0 aliphatic heterocycles. The largest absolute Gasteiger partial charge is 0.326 e. The lowest BCUT2D eigenvalue weighted by Crippen LogP contribution is -2.18. The lowest BCUT2D eigenvalue weighted by molar-refractivity contribution is 0.597. The summed E-state index contributed by atoms with van der Waals surface area (Å²) in [5.41, 5.74) is 1.54. The standard InChI is InChI=1S/C9H10BrN3O/c1-5(2)13-8-6(10)3-11-4-7(8)12-9(13)14/h3-5H,1-2H3,(H,12,14). The van der Waals surface area contributed by atoms with E-state index in [0.29, 0.717) is 0 Å². The Morgan fingerprint density at radius 2 is 2.21 bits per heavy atom. The van der Waals surface area contributed by atoms with Crippen LogP contribution >= 0.6 is 15.9 Å². The van der Waals surface area contributed by atoms with Gasteiger partial charge in [0, 0.05) is 12.2 Å². The summed E-state index contributed by atoms with van der Waals surface area (Å²) in [7, 11) is 0. The van der Waals surface area contributed by atoms with Crippen LogP contribution in [0.4, 0.5) is 0 Å². The fourth-order valence-electron chi connectivity index (χ4n) is 1.53. The zero-order valence-corrected chi connectivity index (χ0v) is 9.50. The molecule has 2 heterocycles. The first-order chi connectivity index (χ1) is 6.61. The maximum atomic E-state index is 11.6. The first-order valence-corrected chi connectivity index (χ1v) is 5.14. The Balaban J connectivity index is 2.94. The van der Waals surface area contributed by atoms with Gasteiger partial charge in [-0.25, -0.2) is 4.79 Å². The lowest BCUT2D eigenvalue weighted by Gasteiger charge is -2.07. The number of pyridine rings is 1. The molecule has 0 radical (unpaired) electrons. The van der Waals surface area contributed by atoms with E-state index in [0.717, 1.165) is 15.5 Å². The number of nitrogens with zero attached hydrogens (tertiary/aromatic N) is 2. The van der Waals surface area contributed by atoms with Crippen molar-refractivity contribution in [3.05, 3.63) is 27.4 Å². The fourth-order valence-corrected chi connectivity index (χ4v) is 2.06. The molecule has 0 saturated carbocycles. The predicted octanol–water partition coefficient (Wildman–Crippen LogP) is 2.07. The van der Waals surface area contributed by atoms with Crippen LogP contribution in [-0.2, 0) is 0 Å². The number of hydrogen-bond donors (Lipinski definition) is 1. The molecule has 0 aromatic carbocycles. The van der Waals surface area contributed by atoms with Gasteiger partial charge < -0.3 is 4.98 Å². The van der Waals surface area contributed by atoms with Gasteiger partial charge in [0.2, 0.25) is 0 Å². The lowest BCUT2D eigenvalue weighted by atomic mass is 10.3. The van der Waals surface area contributed by atoms with Crippen molar-refractivity contribution in [2.24, 2.45) is 0 Å². The topological polar surface area (TPSA) is 50.7 Å². The van der Waals surface area contributed by atoms with Crippen molar-refractivity contribution in [3.63, 3.8) is 0 Å². The summed E-state index contributed by atoms with van der Waals surface area (Å²) in [5, 5.41) is 0. The molecule has 0 atom stereocenters. The second kappa shape index (κ2) is 3.24. The number of aromatic nitrogens is 3. The average molecular weight is 256 g/mol. The third-order valence-corrected chi connectivity index (χ3v) is 2.67. The number of nitrogens with one attached hydrogen (secondary N) is 1. The van der Waals surface area contributed by atoms with Gasteiger partial charge in [-0.2, -0.15) is 0 Å². The second-order valence-electron chi connectivity index (χ2n) is 3.41. The Labute approximate surface area is 89.1 Å². The molecular formula is C9H10BrN3O. The molecular weight excluding hydrogens is 246 g/mol. The van der Waals surface area contributed by atoms with Gasteiger partial charge in [0.25, 0.3) is 0 Å². The minimum absolute atomic E-state index is 0.0938. The molecule has 0 amide bonds. The van der Waals surface area contributed by atoms with E-state index in [4.69, 9.17) is 0 Å². The molecule has 5 heteroatoms. The van der Waals surface area contributed by atoms with Gasteiger partial charge in [-0.1, -0.05) is 0 Å². The summed E-state index contributed by atoms with van der Waals surface area (Å²) >= 11 is 3.39. The maximum absolute atomic E-state index is 11.6. The van der Waals surface area contributed by atoms with Crippen LogP contribution in [0.25, 0.3) is 11.0 Å². The van der Waals surface area contributed by atoms with Crippen molar-refractivity contribution in [2.75, 3.05) is 0 Å². The van der Waals surface area contributed by atoms with Gasteiger partial charge in [-0.3, -0.25) is 9.55 Å². The van der Waals surface area contributed by atoms with Gasteiger partial charge in [-0.15, -0.1) is 0 Å². The van der Waals surface area contributed by atoms with Gasteiger partial charge >= 0.3 is 5.69 Å². The first-order valence-electron chi connectivity index (χ1n) is 4.35. The van der Waals surface area contributed by atoms with Crippen LogP contribution in [0.15, 0.2) is 21.7 Å². The number of aromatic amines is 1. The maximum Gasteiger partial charge on any atom is 0.326 e. The monoisotopic (exact) mass is 255 g/mol. The van der Waals surface area contributed by atoms with E-state index in [1.54, 1.807) is 17.0 Å². The molecule has 0 bridgehead atoms. The third kappa shape index (κ3) is 1.28. The van der Waals surface area contributed by atoms with E-state index in [1.807, 2.05) is 13.8 Å². The van der Waals surface area contributed by atoms with Crippen LogP contribution in [0.1, 0.15) is 19.9 Å². The molecule has 1 N–H and O–H groups in total. The Morgan fingerprint density at radius 1 is 1.50 bits per heavy atom. The highest BCUT2D eigenvalue weighted by Crippen LogP contribution is 2.22. The molecule has 4 nitrogen and oxygen atoms in total. The Hall–Kier alpha value is -1.10. The van der Waals surface area contributed by atoms with Crippen molar-refractivity contribution in [1.29, 1.82) is 0 Å². The van der Waals surface area contributed by atoms with Crippen LogP contribution < -0.4 is 5.69 Å². The van der Waals surface area contributed by atoms with E-state index in [9.17, 15) is 4.79 Å². The summed E-state index contributed by atoms with van der Waals surface area (Å²) in [6, 6.07) is 0.134. The molecule has 0 unspecified atom stereocenters. The molecule has 2 aromatic rings. The van der Waals surface area contributed by atoms with Gasteiger partial charge in [0.15, 0.2) is 0 Å². The van der Waals surface area contributed by atoms with Crippen molar-refractivity contribution < 1.29 is 0 Å². The summed E-state index contributed by atoms with van der Waals surface area (Å²) in [6.45, 7) is 3.95. The summed E-state index contributed by atoms with van der Waals surface area (Å²) < 4.78 is 2.54. The first kappa shape index (κ1) is 9.45. The van der Waals surface area contributed by atoms with Crippen LogP contribution in [0, 0.1) is 0 Å². The Bertz CT molecular complexity index is 526. The molecule has 2 rings (SSSR count). The van der Waals surface area contributed by atoms with E-state index in [-0.39, 0.29) is 11.7 Å². The van der Waals surface area contributed by atoms with E-state index >= 15 is 0 Å². The quantitative estimate of drug-likeness (QED) is 0.849. The number of halogens is 1. The fraction of sp³-hybridized carbons (Fsp3) is 0.333. The highest BCUT2D eigenvalue weighted by atomic mass is 79.9. The molecule has 0 saturated heterocycles. The number of H-pyrrole nitrogens is 1. The highest BCUT2D eigenvalue weighted by Gasteiger charge is 2.11. The van der Waals surface area contributed by atoms with Crippen LogP contribution in [0.2, 0.25) is 0 Å². The molecule has 0 fully saturated rings. The van der Waals surface area contributed by atoms with Crippen LogP contribution in [-0.4, -0.2) is 14.5 Å². The number of hydrogen-bond acceptors (Lipinski definition) is 2. The van der Waals surface area contributed by atoms with Gasteiger partial charge in [-0.05, 0) is 29.8 Å². The minimum atomic E-state index is -0.0938. The molecule has 0 aliphatic rings. The van der Waals surface area contributed by atoms with Crippen LogP contribution in [0.3, 0.4) is 0 Å². The Kier molecular flexibility index (Phi) is 2.19. The van der Waals surface area contributed by atoms with E-state index < -0.39 is 0 Å². The van der Waals surface area contributed by atoms with Gasteiger partial charge in [0.05, 0.1) is 21.7 Å². The predicted molar refractivity (Wildman–Crippen MR) is 58.4 cm³/mol. The zero-order chi connectivity index (χ0) is 10.3. The summed E-state index contributed by atoms with van der Waals surface area (Å²) in [6.07, 6.45) is 3.34. The number of imidazole rings is 1. The molecule has 14 heavy (non-hydrogen) atoms. The Morgan fingerprint density at radius 3 is 2.86 bits per heavy atom. The number of rotatable bonds is 1. The molecule has 0 spiro atoms. The van der Waals surface area contributed by atoms with Crippen molar-refractivity contribution in [3.8, 4) is 0 Å². The average Bonchev–Trinajstić information content (AvgIpc) is 2.42. The van der Waals surface area contributed by atoms with E-state index in [1.165, 1.54) is 0 Å². The minimum Gasteiger partial charge on any atom is -0.304 e. The SMILES string of the molecule is CC(C)n1c(=O)[nH]c2cncc(Br)c21. The normalized spacial score (nSPS) is 11.4. The van der Waals surface area contributed by atoms with Gasteiger partial charge in [0.1, 0.15) is 0 Å². The molecule has 2 aromatic heterocycles. The van der Waals surface area contributed by atoms with Crippen LogP contribution in [0.5, 0.6) is 0 Å². The third-order valence-electron chi connectivity index (χ3n) is 2.09. The van der Waals surface area contributed by atoms with E-state index in [2.05, 4.69) is 25.9 Å². The summed E-state index contributed by atoms with van der Waals surface area (Å²) in [5.74, 6) is 0. The zero-order valence-electron chi connectivity index (χ0n) is 7.91. The second-order valence-corrected chi connectivity index (χ2v) is 4.27. The highest BCUT2D eigenvalue weighted by molar-refractivity contribution is 9.10. The summed E-state index contributed by atoms with van der Waals surface area (Å²) in [4.78, 5) is 18.4.